The number of piperazine rings is 1. The predicted octanol–water partition coefficient (Wildman–Crippen LogP) is 4.57. The molecule has 0 bridgehead atoms. The molecule has 0 radical (unpaired) electrons. The molecule has 0 aromatic heterocycles. The number of hydrogen-bond donors (Lipinski definition) is 0. The molecule has 5 nitrogen and oxygen atoms in total. The van der Waals surface area contributed by atoms with E-state index in [-0.39, 0.29) is 5.91 Å². The van der Waals surface area contributed by atoms with Gasteiger partial charge in [0.1, 0.15) is 5.75 Å². The first-order chi connectivity index (χ1) is 13.9. The van der Waals surface area contributed by atoms with E-state index < -0.39 is 0 Å². The fraction of sp³-hybridized carbons (Fsp3) is 0.435. The number of amides is 1. The average molecular weight is 460 g/mol. The van der Waals surface area contributed by atoms with Crippen molar-refractivity contribution in [2.45, 2.75) is 20.3 Å². The van der Waals surface area contributed by atoms with Gasteiger partial charge in [-0.15, -0.1) is 0 Å². The van der Waals surface area contributed by atoms with Crippen molar-refractivity contribution in [3.8, 4) is 5.75 Å². The van der Waals surface area contributed by atoms with E-state index in [1.165, 1.54) is 0 Å². The molecule has 1 saturated heterocycles. The molecule has 2 aromatic carbocycles. The molecule has 1 heterocycles. The van der Waals surface area contributed by atoms with Crippen molar-refractivity contribution in [3.05, 3.63) is 52.0 Å². The Morgan fingerprint density at radius 3 is 2.48 bits per heavy atom. The summed E-state index contributed by atoms with van der Waals surface area (Å²) in [6.07, 6.45) is 0.886. The molecule has 0 saturated carbocycles. The van der Waals surface area contributed by atoms with E-state index in [4.69, 9.17) is 4.74 Å². The van der Waals surface area contributed by atoms with E-state index in [0.29, 0.717) is 12.1 Å². The fourth-order valence-corrected chi connectivity index (χ4v) is 3.89. The summed E-state index contributed by atoms with van der Waals surface area (Å²) in [5, 5.41) is 0. The molecule has 29 heavy (non-hydrogen) atoms. The average Bonchev–Trinajstić information content (AvgIpc) is 2.73. The first kappa shape index (κ1) is 21.7. The normalized spacial score (nSPS) is 14.7. The standard InChI is InChI=1S/C23H30BrN3O2/c1-5-10-27(23(28)18-6-8-20(24)17(2)15-18)19-7-9-22(29-4)21(16-19)26-13-11-25(3)12-14-26/h6-9,15-16H,5,10-14H2,1-4H3. The van der Waals surface area contributed by atoms with Crippen LogP contribution < -0.4 is 14.5 Å². The van der Waals surface area contributed by atoms with Crippen LogP contribution in [0.15, 0.2) is 40.9 Å². The number of benzene rings is 2. The van der Waals surface area contributed by atoms with Gasteiger partial charge in [-0.25, -0.2) is 0 Å². The Balaban J connectivity index is 1.95. The number of hydrogen-bond acceptors (Lipinski definition) is 4. The van der Waals surface area contributed by atoms with Crippen LogP contribution in [0.5, 0.6) is 5.75 Å². The molecule has 0 N–H and O–H groups in total. The van der Waals surface area contributed by atoms with Crippen molar-refractivity contribution in [2.24, 2.45) is 0 Å². The molecule has 0 atom stereocenters. The Bertz CT molecular complexity index is 863. The van der Waals surface area contributed by atoms with E-state index in [1.54, 1.807) is 7.11 Å². The van der Waals surface area contributed by atoms with Gasteiger partial charge in [0.05, 0.1) is 12.8 Å². The lowest BCUT2D eigenvalue weighted by molar-refractivity contribution is 0.0987. The second-order valence-corrected chi connectivity index (χ2v) is 8.42. The SMILES string of the molecule is CCCN(C(=O)c1ccc(Br)c(C)c1)c1ccc(OC)c(N2CCN(C)CC2)c1. The van der Waals surface area contributed by atoms with Crippen LogP contribution in [0, 0.1) is 6.92 Å². The second-order valence-electron chi connectivity index (χ2n) is 7.57. The number of nitrogens with zero attached hydrogens (tertiary/aromatic N) is 3. The lowest BCUT2D eigenvalue weighted by Gasteiger charge is -2.35. The summed E-state index contributed by atoms with van der Waals surface area (Å²) in [7, 11) is 3.85. The monoisotopic (exact) mass is 459 g/mol. The number of halogens is 1. The van der Waals surface area contributed by atoms with Gasteiger partial charge < -0.3 is 19.4 Å². The number of rotatable bonds is 6. The number of methoxy groups -OCH3 is 1. The lowest BCUT2D eigenvalue weighted by Crippen LogP contribution is -2.44. The predicted molar refractivity (Wildman–Crippen MR) is 124 cm³/mol. The maximum Gasteiger partial charge on any atom is 0.258 e. The van der Waals surface area contributed by atoms with E-state index in [2.05, 4.69) is 45.8 Å². The molecule has 3 rings (SSSR count). The van der Waals surface area contributed by atoms with Gasteiger partial charge in [0.2, 0.25) is 0 Å². The molecule has 1 aliphatic heterocycles. The minimum absolute atomic E-state index is 0.0249. The molecule has 1 fully saturated rings. The summed E-state index contributed by atoms with van der Waals surface area (Å²) in [4.78, 5) is 19.9. The Labute approximate surface area is 182 Å². The highest BCUT2D eigenvalue weighted by atomic mass is 79.9. The highest BCUT2D eigenvalue weighted by Gasteiger charge is 2.22. The van der Waals surface area contributed by atoms with Crippen LogP contribution in [0.3, 0.4) is 0 Å². The lowest BCUT2D eigenvalue weighted by atomic mass is 10.1. The Morgan fingerprint density at radius 2 is 1.86 bits per heavy atom. The van der Waals surface area contributed by atoms with Crippen LogP contribution in [-0.2, 0) is 0 Å². The van der Waals surface area contributed by atoms with Gasteiger partial charge in [0.15, 0.2) is 0 Å². The minimum Gasteiger partial charge on any atom is -0.495 e. The number of carbonyl (C=O) groups is 1. The summed E-state index contributed by atoms with van der Waals surface area (Å²) in [6, 6.07) is 11.8. The number of aryl methyl sites for hydroxylation is 1. The molecule has 6 heteroatoms. The molecule has 0 unspecified atom stereocenters. The summed E-state index contributed by atoms with van der Waals surface area (Å²) in [5.74, 6) is 0.874. The molecular weight excluding hydrogens is 430 g/mol. The van der Waals surface area contributed by atoms with Crippen molar-refractivity contribution < 1.29 is 9.53 Å². The Kier molecular flexibility index (Phi) is 7.19. The van der Waals surface area contributed by atoms with Crippen LogP contribution in [0.1, 0.15) is 29.3 Å². The van der Waals surface area contributed by atoms with E-state index in [9.17, 15) is 4.79 Å². The minimum atomic E-state index is 0.0249. The van der Waals surface area contributed by atoms with Gasteiger partial charge in [-0.1, -0.05) is 22.9 Å². The highest BCUT2D eigenvalue weighted by Crippen LogP contribution is 2.34. The maximum atomic E-state index is 13.3. The molecule has 2 aromatic rings. The van der Waals surface area contributed by atoms with Crippen molar-refractivity contribution in [2.75, 3.05) is 56.7 Å². The van der Waals surface area contributed by atoms with Gasteiger partial charge in [0.25, 0.3) is 5.91 Å². The molecule has 156 valence electrons. The largest absolute Gasteiger partial charge is 0.495 e. The van der Waals surface area contributed by atoms with Crippen molar-refractivity contribution in [1.82, 2.24) is 4.90 Å². The fourth-order valence-electron chi connectivity index (χ4n) is 3.65. The quantitative estimate of drug-likeness (QED) is 0.633. The smallest absolute Gasteiger partial charge is 0.258 e. The van der Waals surface area contributed by atoms with Gasteiger partial charge in [-0.2, -0.15) is 0 Å². The Morgan fingerprint density at radius 1 is 1.14 bits per heavy atom. The first-order valence-corrected chi connectivity index (χ1v) is 10.9. The van der Waals surface area contributed by atoms with Gasteiger partial charge >= 0.3 is 0 Å². The van der Waals surface area contributed by atoms with Crippen LogP contribution in [0.4, 0.5) is 11.4 Å². The third-order valence-electron chi connectivity index (χ3n) is 5.42. The molecule has 1 aliphatic rings. The zero-order valence-corrected chi connectivity index (χ0v) is 19.3. The van der Waals surface area contributed by atoms with E-state index >= 15 is 0 Å². The third kappa shape index (κ3) is 4.93. The third-order valence-corrected chi connectivity index (χ3v) is 6.31. The van der Waals surface area contributed by atoms with Crippen molar-refractivity contribution >= 4 is 33.2 Å². The first-order valence-electron chi connectivity index (χ1n) is 10.1. The molecule has 0 aliphatic carbocycles. The van der Waals surface area contributed by atoms with Gasteiger partial charge in [0, 0.05) is 48.4 Å². The van der Waals surface area contributed by atoms with Crippen LogP contribution >= 0.6 is 15.9 Å². The maximum absolute atomic E-state index is 13.3. The number of likely N-dealkylation sites (N-methyl/N-ethyl adjacent to an activating group) is 1. The zero-order chi connectivity index (χ0) is 21.0. The molecule has 1 amide bonds. The molecular formula is C23H30BrN3O2. The van der Waals surface area contributed by atoms with Crippen LogP contribution in [0.2, 0.25) is 0 Å². The molecule has 0 spiro atoms. The summed E-state index contributed by atoms with van der Waals surface area (Å²) in [5.41, 5.74) is 3.72. The highest BCUT2D eigenvalue weighted by molar-refractivity contribution is 9.10. The van der Waals surface area contributed by atoms with Gasteiger partial charge in [-0.05, 0) is 62.4 Å². The van der Waals surface area contributed by atoms with Crippen molar-refractivity contribution in [3.63, 3.8) is 0 Å². The number of anilines is 2. The van der Waals surface area contributed by atoms with E-state index in [1.807, 2.05) is 42.2 Å². The number of ether oxygens (including phenoxy) is 1. The summed E-state index contributed by atoms with van der Waals surface area (Å²) < 4.78 is 6.64. The van der Waals surface area contributed by atoms with Crippen molar-refractivity contribution in [1.29, 1.82) is 0 Å². The van der Waals surface area contributed by atoms with E-state index in [0.717, 1.165) is 59.8 Å². The van der Waals surface area contributed by atoms with Crippen LogP contribution in [0.25, 0.3) is 0 Å². The topological polar surface area (TPSA) is 36.0 Å². The second kappa shape index (κ2) is 9.63. The summed E-state index contributed by atoms with van der Waals surface area (Å²) >= 11 is 3.52. The Hall–Kier alpha value is -2.05. The van der Waals surface area contributed by atoms with Gasteiger partial charge in [-0.3, -0.25) is 4.79 Å². The van der Waals surface area contributed by atoms with Crippen LogP contribution in [-0.4, -0.2) is 57.7 Å². The summed E-state index contributed by atoms with van der Waals surface area (Å²) in [6.45, 7) is 8.70. The zero-order valence-electron chi connectivity index (χ0n) is 17.7. The number of carbonyl (C=O) groups excluding carboxylic acids is 1.